The first-order valence-corrected chi connectivity index (χ1v) is 15.5. The molecule has 3 aromatic carbocycles. The maximum atomic E-state index is 15.0. The van der Waals surface area contributed by atoms with Gasteiger partial charge in [0.05, 0.1) is 20.8 Å². The molecule has 248 valence electrons. The number of amides is 1. The zero-order chi connectivity index (χ0) is 33.3. The number of benzene rings is 3. The molecule has 2 N–H and O–H groups in total. The van der Waals surface area contributed by atoms with Gasteiger partial charge in [-0.05, 0) is 62.7 Å². The molecule has 4 aromatic rings. The number of hydrogen-bond acceptors (Lipinski definition) is 10. The average Bonchev–Trinajstić information content (AvgIpc) is 3.06. The Morgan fingerprint density at radius 1 is 0.936 bits per heavy atom. The van der Waals surface area contributed by atoms with Crippen molar-refractivity contribution >= 4 is 23.2 Å². The summed E-state index contributed by atoms with van der Waals surface area (Å²) in [4.78, 5) is 27.1. The summed E-state index contributed by atoms with van der Waals surface area (Å²) in [5.74, 6) is 0.170. The van der Waals surface area contributed by atoms with Gasteiger partial charge >= 0.3 is 0 Å². The van der Waals surface area contributed by atoms with Crippen molar-refractivity contribution in [3.8, 4) is 28.9 Å². The molecule has 1 fully saturated rings. The van der Waals surface area contributed by atoms with Gasteiger partial charge in [-0.3, -0.25) is 4.79 Å². The number of anilines is 3. The number of halogens is 1. The minimum absolute atomic E-state index is 0.0604. The third kappa shape index (κ3) is 8.46. The summed E-state index contributed by atoms with van der Waals surface area (Å²) in [6.07, 6.45) is 2.16. The quantitative estimate of drug-likeness (QED) is 0.167. The van der Waals surface area contributed by atoms with Crippen molar-refractivity contribution in [2.24, 2.45) is 0 Å². The summed E-state index contributed by atoms with van der Waals surface area (Å²) >= 11 is 0. The number of rotatable bonds is 13. The summed E-state index contributed by atoms with van der Waals surface area (Å²) in [6.45, 7) is 9.32. The number of aromatic nitrogens is 2. The molecular formula is C35H41FN6O5. The molecule has 1 amide bonds. The second-order valence-corrected chi connectivity index (χ2v) is 11.3. The van der Waals surface area contributed by atoms with E-state index >= 15 is 4.39 Å². The number of para-hydroxylation sites is 2. The van der Waals surface area contributed by atoms with Crippen LogP contribution in [0.1, 0.15) is 27.9 Å². The molecule has 1 aromatic heterocycles. The van der Waals surface area contributed by atoms with Crippen LogP contribution >= 0.6 is 0 Å². The highest BCUT2D eigenvalue weighted by Crippen LogP contribution is 2.40. The fourth-order valence-electron chi connectivity index (χ4n) is 5.23. The maximum absolute atomic E-state index is 15.0. The number of carbonyl (C=O) groups excluding carboxylic acids is 1. The molecule has 2 heterocycles. The normalized spacial score (nSPS) is 13.6. The fraction of sp³-hybridized carbons (Fsp3) is 0.343. The Morgan fingerprint density at radius 3 is 2.28 bits per heavy atom. The molecule has 0 spiro atoms. The highest BCUT2D eigenvalue weighted by molar-refractivity contribution is 6.06. The number of ether oxygens (including phenoxy) is 4. The monoisotopic (exact) mass is 644 g/mol. The van der Waals surface area contributed by atoms with Gasteiger partial charge < -0.3 is 39.4 Å². The van der Waals surface area contributed by atoms with Crippen LogP contribution in [0, 0.1) is 19.7 Å². The van der Waals surface area contributed by atoms with Crippen LogP contribution in [0.5, 0.6) is 28.9 Å². The van der Waals surface area contributed by atoms with Crippen LogP contribution in [-0.4, -0.2) is 86.3 Å². The number of nitrogens with one attached hydrogen (secondary N) is 2. The average molecular weight is 645 g/mol. The number of aryl methyl sites for hydroxylation is 2. The van der Waals surface area contributed by atoms with Crippen molar-refractivity contribution in [3.63, 3.8) is 0 Å². The van der Waals surface area contributed by atoms with Gasteiger partial charge in [-0.1, -0.05) is 24.3 Å². The summed E-state index contributed by atoms with van der Waals surface area (Å²) in [7, 11) is 5.12. The number of carbonyl (C=O) groups is 1. The molecule has 11 nitrogen and oxygen atoms in total. The minimum Gasteiger partial charge on any atom is -0.493 e. The number of methoxy groups -OCH3 is 2. The van der Waals surface area contributed by atoms with E-state index in [0.29, 0.717) is 29.5 Å². The molecule has 1 saturated heterocycles. The van der Waals surface area contributed by atoms with Crippen LogP contribution in [0.15, 0.2) is 60.8 Å². The van der Waals surface area contributed by atoms with Crippen molar-refractivity contribution in [1.82, 2.24) is 19.8 Å². The summed E-state index contributed by atoms with van der Waals surface area (Å²) in [5.41, 5.74) is 2.93. The lowest BCUT2D eigenvalue weighted by Crippen LogP contribution is -2.44. The topological polar surface area (TPSA) is 110 Å². The van der Waals surface area contributed by atoms with E-state index in [0.717, 1.165) is 50.3 Å². The number of piperazine rings is 1. The summed E-state index contributed by atoms with van der Waals surface area (Å²) in [5, 5.41) is 5.95. The molecule has 0 unspecified atom stereocenters. The van der Waals surface area contributed by atoms with Gasteiger partial charge in [0.25, 0.3) is 5.91 Å². The largest absolute Gasteiger partial charge is 0.493 e. The standard InChI is InChI=1S/C35H41FN6O5/c1-23-9-6-10-24(2)31(23)39-33(43)26-22-37-35(40-34(26)47-32-29(44-4)11-7-12-30(32)45-5)38-25-13-14-28(27(36)21-25)46-20-8-15-42-18-16-41(3)17-19-42/h6-7,9-14,21-22H,8,15-20H2,1-5H3,(H,39,43)(H,37,38,40). The lowest BCUT2D eigenvalue weighted by Gasteiger charge is -2.32. The zero-order valence-corrected chi connectivity index (χ0v) is 27.4. The van der Waals surface area contributed by atoms with E-state index in [1.54, 1.807) is 30.3 Å². The maximum Gasteiger partial charge on any atom is 0.262 e. The van der Waals surface area contributed by atoms with Gasteiger partial charge in [-0.2, -0.15) is 4.98 Å². The first kappa shape index (κ1) is 33.4. The molecule has 0 saturated carbocycles. The van der Waals surface area contributed by atoms with Crippen molar-refractivity contribution in [1.29, 1.82) is 0 Å². The van der Waals surface area contributed by atoms with E-state index in [-0.39, 0.29) is 28.9 Å². The molecule has 12 heteroatoms. The Bertz CT molecular complexity index is 1650. The van der Waals surface area contributed by atoms with E-state index in [2.05, 4.69) is 37.4 Å². The third-order valence-corrected chi connectivity index (χ3v) is 7.96. The first-order valence-electron chi connectivity index (χ1n) is 15.5. The van der Waals surface area contributed by atoms with E-state index in [1.165, 1.54) is 26.5 Å². The second kappa shape index (κ2) is 15.6. The smallest absolute Gasteiger partial charge is 0.262 e. The zero-order valence-electron chi connectivity index (χ0n) is 27.4. The Morgan fingerprint density at radius 2 is 1.62 bits per heavy atom. The molecule has 5 rings (SSSR count). The van der Waals surface area contributed by atoms with E-state index in [9.17, 15) is 4.79 Å². The molecule has 1 aliphatic rings. The Kier molecular flexibility index (Phi) is 11.1. The molecule has 0 bridgehead atoms. The Labute approximate surface area is 274 Å². The van der Waals surface area contributed by atoms with Crippen molar-refractivity contribution in [2.75, 3.05) is 71.2 Å². The fourth-order valence-corrected chi connectivity index (χ4v) is 5.23. The van der Waals surface area contributed by atoms with Crippen LogP contribution < -0.4 is 29.6 Å². The van der Waals surface area contributed by atoms with E-state index in [4.69, 9.17) is 18.9 Å². The predicted molar refractivity (Wildman–Crippen MR) is 179 cm³/mol. The molecule has 47 heavy (non-hydrogen) atoms. The van der Waals surface area contributed by atoms with E-state index < -0.39 is 11.7 Å². The molecule has 1 aliphatic heterocycles. The highest BCUT2D eigenvalue weighted by atomic mass is 19.1. The van der Waals surface area contributed by atoms with Crippen molar-refractivity contribution < 1.29 is 28.1 Å². The molecule has 0 aliphatic carbocycles. The van der Waals surface area contributed by atoms with Gasteiger partial charge in [0.15, 0.2) is 23.1 Å². The molecule has 0 atom stereocenters. The predicted octanol–water partition coefficient (Wildman–Crippen LogP) is 6.05. The second-order valence-electron chi connectivity index (χ2n) is 11.3. The summed E-state index contributed by atoms with van der Waals surface area (Å²) in [6, 6.07) is 15.4. The summed E-state index contributed by atoms with van der Waals surface area (Å²) < 4.78 is 37.9. The van der Waals surface area contributed by atoms with Crippen LogP contribution in [-0.2, 0) is 0 Å². The van der Waals surface area contributed by atoms with E-state index in [1.807, 2.05) is 32.0 Å². The van der Waals surface area contributed by atoms with Crippen LogP contribution in [0.4, 0.5) is 21.7 Å². The van der Waals surface area contributed by atoms with Gasteiger partial charge in [0.1, 0.15) is 5.56 Å². The lowest BCUT2D eigenvalue weighted by molar-refractivity contribution is 0.102. The first-order chi connectivity index (χ1) is 22.7. The minimum atomic E-state index is -0.519. The van der Waals surface area contributed by atoms with Crippen molar-refractivity contribution in [2.45, 2.75) is 20.3 Å². The SMILES string of the molecule is COc1cccc(OC)c1Oc1nc(Nc2ccc(OCCCN3CCN(C)CC3)c(F)c2)ncc1C(=O)Nc1c(C)cccc1C. The Balaban J connectivity index is 1.34. The number of nitrogens with zero attached hydrogens (tertiary/aromatic N) is 4. The highest BCUT2D eigenvalue weighted by Gasteiger charge is 2.22. The van der Waals surface area contributed by atoms with Crippen molar-refractivity contribution in [3.05, 3.63) is 83.3 Å². The van der Waals surface area contributed by atoms with Crippen LogP contribution in [0.2, 0.25) is 0 Å². The Hall–Kier alpha value is -4.94. The van der Waals surface area contributed by atoms with Gasteiger partial charge in [-0.25, -0.2) is 9.37 Å². The van der Waals surface area contributed by atoms with Crippen LogP contribution in [0.3, 0.4) is 0 Å². The van der Waals surface area contributed by atoms with Gasteiger partial charge in [0.2, 0.25) is 17.6 Å². The molecular weight excluding hydrogens is 603 g/mol. The molecule has 0 radical (unpaired) electrons. The number of hydrogen-bond donors (Lipinski definition) is 2. The van der Waals surface area contributed by atoms with Crippen LogP contribution in [0.25, 0.3) is 0 Å². The van der Waals surface area contributed by atoms with Gasteiger partial charge in [0, 0.05) is 56.4 Å². The number of likely N-dealkylation sites (N-methyl/N-ethyl adjacent to an activating group) is 1. The van der Waals surface area contributed by atoms with Gasteiger partial charge in [-0.15, -0.1) is 0 Å². The lowest BCUT2D eigenvalue weighted by atomic mass is 10.1. The third-order valence-electron chi connectivity index (χ3n) is 7.96.